The van der Waals surface area contributed by atoms with Crippen molar-refractivity contribution >= 4 is 62.5 Å². The summed E-state index contributed by atoms with van der Waals surface area (Å²) in [7, 11) is 0. The summed E-state index contributed by atoms with van der Waals surface area (Å²) < 4.78 is 0. The molecule has 0 aliphatic heterocycles. The zero-order valence-corrected chi connectivity index (χ0v) is 20.5. The predicted octanol–water partition coefficient (Wildman–Crippen LogP) is 5.74. The van der Waals surface area contributed by atoms with Crippen molar-refractivity contribution in [3.63, 3.8) is 0 Å². The molecule has 1 unspecified atom stereocenters. The summed E-state index contributed by atoms with van der Waals surface area (Å²) in [4.78, 5) is 33.8. The van der Waals surface area contributed by atoms with Gasteiger partial charge in [0.05, 0.1) is 16.3 Å². The van der Waals surface area contributed by atoms with E-state index in [1.807, 2.05) is 36.8 Å². The molecule has 0 bridgehead atoms. The number of H-pyrrole nitrogens is 1. The molecule has 0 radical (unpaired) electrons. The van der Waals surface area contributed by atoms with Crippen LogP contribution in [0.1, 0.15) is 22.5 Å². The third-order valence-electron chi connectivity index (χ3n) is 5.23. The maximum absolute atomic E-state index is 13.0. The molecule has 2 amide bonds. The molecule has 0 aliphatic carbocycles. The number of benzene rings is 2. The van der Waals surface area contributed by atoms with Gasteiger partial charge in [0.15, 0.2) is 5.13 Å². The molecule has 0 saturated carbocycles. The summed E-state index contributed by atoms with van der Waals surface area (Å²) in [6, 6.07) is 14.1. The fraction of sp³-hybridized carbons (Fsp3) is 0.208. The Balaban J connectivity index is 1.51. The fourth-order valence-electron chi connectivity index (χ4n) is 3.63. The lowest BCUT2D eigenvalue weighted by atomic mass is 10.1. The van der Waals surface area contributed by atoms with Gasteiger partial charge in [0.2, 0.25) is 5.91 Å². The molecule has 2 aromatic carbocycles. The first-order chi connectivity index (χ1) is 16.0. The highest BCUT2D eigenvalue weighted by molar-refractivity contribution is 7.98. The quantitative estimate of drug-likeness (QED) is 0.289. The summed E-state index contributed by atoms with van der Waals surface area (Å²) >= 11 is 9.11. The summed E-state index contributed by atoms with van der Waals surface area (Å²) in [6.07, 6.45) is 2.45. The van der Waals surface area contributed by atoms with Gasteiger partial charge in [0, 0.05) is 27.5 Å². The normalized spacial score (nSPS) is 12.0. The van der Waals surface area contributed by atoms with E-state index < -0.39 is 6.04 Å². The van der Waals surface area contributed by atoms with Crippen molar-refractivity contribution < 1.29 is 9.59 Å². The molecular formula is C24H23ClN4O2S2. The van der Waals surface area contributed by atoms with Crippen LogP contribution in [0.4, 0.5) is 5.13 Å². The fourth-order valence-corrected chi connectivity index (χ4v) is 5.03. The zero-order chi connectivity index (χ0) is 23.4. The highest BCUT2D eigenvalue weighted by Crippen LogP contribution is 2.33. The van der Waals surface area contributed by atoms with Crippen LogP contribution in [0.25, 0.3) is 22.2 Å². The first-order valence-corrected chi connectivity index (χ1v) is 13.0. The number of thioether (sulfide) groups is 1. The molecule has 1 atom stereocenters. The number of nitrogens with one attached hydrogen (secondary N) is 3. The van der Waals surface area contributed by atoms with Crippen molar-refractivity contribution in [2.24, 2.45) is 0 Å². The Labute approximate surface area is 205 Å². The van der Waals surface area contributed by atoms with Gasteiger partial charge in [0.1, 0.15) is 6.04 Å². The predicted molar refractivity (Wildman–Crippen MR) is 138 cm³/mol. The molecule has 6 nitrogen and oxygen atoms in total. The van der Waals surface area contributed by atoms with Crippen LogP contribution in [-0.2, 0) is 4.79 Å². The van der Waals surface area contributed by atoms with Crippen LogP contribution in [0.2, 0.25) is 5.02 Å². The van der Waals surface area contributed by atoms with Gasteiger partial charge in [-0.1, -0.05) is 41.9 Å². The molecule has 0 saturated heterocycles. The molecule has 3 N–H and O–H groups in total. The lowest BCUT2D eigenvalue weighted by Gasteiger charge is -2.17. The second-order valence-corrected chi connectivity index (χ2v) is 9.74. The molecule has 9 heteroatoms. The van der Waals surface area contributed by atoms with Gasteiger partial charge in [-0.3, -0.25) is 9.59 Å². The molecule has 4 rings (SSSR count). The van der Waals surface area contributed by atoms with Crippen LogP contribution in [0.15, 0.2) is 53.9 Å². The Kier molecular flexibility index (Phi) is 7.37. The number of anilines is 1. The van der Waals surface area contributed by atoms with E-state index in [1.165, 1.54) is 11.3 Å². The Morgan fingerprint density at radius 3 is 2.73 bits per heavy atom. The number of rotatable bonds is 8. The molecule has 2 heterocycles. The molecule has 0 fully saturated rings. The van der Waals surface area contributed by atoms with Crippen molar-refractivity contribution in [3.8, 4) is 11.3 Å². The second-order valence-electron chi connectivity index (χ2n) is 7.49. The molecule has 2 aromatic heterocycles. The van der Waals surface area contributed by atoms with E-state index in [2.05, 4.69) is 26.7 Å². The van der Waals surface area contributed by atoms with Gasteiger partial charge in [-0.15, -0.1) is 11.3 Å². The molecule has 170 valence electrons. The first-order valence-electron chi connectivity index (χ1n) is 10.4. The standard InChI is InChI=1S/C24H23ClN4O2S2/c1-14-21(16-8-4-6-10-18(16)26-14)20-13-33-24(28-20)29-23(31)19(11-12-32-2)27-22(30)15-7-3-5-9-17(15)25/h3-10,13,19,26H,11-12H2,1-2H3,(H,27,30)(H,28,29,31). The summed E-state index contributed by atoms with van der Waals surface area (Å²) in [5.41, 5.74) is 4.22. The molecule has 33 heavy (non-hydrogen) atoms. The van der Waals surface area contributed by atoms with E-state index in [-0.39, 0.29) is 11.8 Å². The van der Waals surface area contributed by atoms with Gasteiger partial charge < -0.3 is 15.6 Å². The number of thiazole rings is 1. The van der Waals surface area contributed by atoms with E-state index in [9.17, 15) is 9.59 Å². The van der Waals surface area contributed by atoms with Crippen LogP contribution >= 0.6 is 34.7 Å². The van der Waals surface area contributed by atoms with E-state index in [1.54, 1.807) is 36.0 Å². The minimum Gasteiger partial charge on any atom is -0.358 e. The number of aromatic nitrogens is 2. The highest BCUT2D eigenvalue weighted by atomic mass is 35.5. The third kappa shape index (κ3) is 5.24. The van der Waals surface area contributed by atoms with Gasteiger partial charge >= 0.3 is 0 Å². The van der Waals surface area contributed by atoms with Gasteiger partial charge in [-0.25, -0.2) is 4.98 Å². The Bertz CT molecular complexity index is 1300. The maximum Gasteiger partial charge on any atom is 0.253 e. The molecular weight excluding hydrogens is 476 g/mol. The number of carbonyl (C=O) groups excluding carboxylic acids is 2. The molecule has 4 aromatic rings. The SMILES string of the molecule is CSCCC(NC(=O)c1ccccc1Cl)C(=O)Nc1nc(-c2c(C)[nH]c3ccccc23)cs1. The average molecular weight is 499 g/mol. The summed E-state index contributed by atoms with van der Waals surface area (Å²) in [5, 5.41) is 9.54. The van der Waals surface area contributed by atoms with Crippen LogP contribution in [0, 0.1) is 6.92 Å². The number of hydrogen-bond donors (Lipinski definition) is 3. The second kappa shape index (κ2) is 10.4. The summed E-state index contributed by atoms with van der Waals surface area (Å²) in [6.45, 7) is 2.01. The Morgan fingerprint density at radius 2 is 1.94 bits per heavy atom. The molecule has 0 aliphatic rings. The smallest absolute Gasteiger partial charge is 0.253 e. The van der Waals surface area contributed by atoms with E-state index in [4.69, 9.17) is 11.6 Å². The van der Waals surface area contributed by atoms with Crippen molar-refractivity contribution in [1.29, 1.82) is 0 Å². The number of halogens is 1. The Morgan fingerprint density at radius 1 is 1.18 bits per heavy atom. The topological polar surface area (TPSA) is 86.9 Å². The van der Waals surface area contributed by atoms with Crippen LogP contribution < -0.4 is 10.6 Å². The first kappa shape index (κ1) is 23.4. The third-order valence-corrected chi connectivity index (χ3v) is 6.97. The highest BCUT2D eigenvalue weighted by Gasteiger charge is 2.23. The van der Waals surface area contributed by atoms with Crippen molar-refractivity contribution in [2.75, 3.05) is 17.3 Å². The number of para-hydroxylation sites is 1. The largest absolute Gasteiger partial charge is 0.358 e. The number of fused-ring (bicyclic) bond motifs is 1. The Hall–Kier alpha value is -2.81. The average Bonchev–Trinajstić information content (AvgIpc) is 3.39. The molecule has 0 spiro atoms. The number of nitrogens with zero attached hydrogens (tertiary/aromatic N) is 1. The van der Waals surface area contributed by atoms with Crippen LogP contribution in [0.3, 0.4) is 0 Å². The van der Waals surface area contributed by atoms with Crippen molar-refractivity contribution in [1.82, 2.24) is 15.3 Å². The van der Waals surface area contributed by atoms with Gasteiger partial charge in [-0.05, 0) is 43.6 Å². The lowest BCUT2D eigenvalue weighted by Crippen LogP contribution is -2.44. The minimum absolute atomic E-state index is 0.305. The summed E-state index contributed by atoms with van der Waals surface area (Å²) in [5.74, 6) is 0.0375. The number of carbonyl (C=O) groups is 2. The number of aromatic amines is 1. The van der Waals surface area contributed by atoms with Gasteiger partial charge in [0.25, 0.3) is 5.91 Å². The van der Waals surface area contributed by atoms with Crippen molar-refractivity contribution in [2.45, 2.75) is 19.4 Å². The maximum atomic E-state index is 13.0. The number of amides is 2. The number of aryl methyl sites for hydroxylation is 1. The minimum atomic E-state index is -0.705. The van der Waals surface area contributed by atoms with E-state index in [0.717, 1.165) is 33.6 Å². The van der Waals surface area contributed by atoms with E-state index in [0.29, 0.717) is 22.1 Å². The van der Waals surface area contributed by atoms with Crippen LogP contribution in [0.5, 0.6) is 0 Å². The zero-order valence-electron chi connectivity index (χ0n) is 18.1. The lowest BCUT2D eigenvalue weighted by molar-refractivity contribution is -0.118. The van der Waals surface area contributed by atoms with Gasteiger partial charge in [-0.2, -0.15) is 11.8 Å². The van der Waals surface area contributed by atoms with Crippen LogP contribution in [-0.4, -0.2) is 39.8 Å². The van der Waals surface area contributed by atoms with Crippen molar-refractivity contribution in [3.05, 3.63) is 70.2 Å². The number of hydrogen-bond acceptors (Lipinski definition) is 5. The monoisotopic (exact) mass is 498 g/mol. The van der Waals surface area contributed by atoms with E-state index >= 15 is 0 Å².